The number of rotatable bonds is 6. The Hall–Kier alpha value is -1.69. The van der Waals surface area contributed by atoms with E-state index in [0.717, 1.165) is 11.1 Å². The monoisotopic (exact) mass is 333 g/mol. The lowest BCUT2D eigenvalue weighted by Gasteiger charge is -2.27. The normalized spacial score (nSPS) is 14.7. The summed E-state index contributed by atoms with van der Waals surface area (Å²) in [6.07, 6.45) is 0.646. The van der Waals surface area contributed by atoms with Gasteiger partial charge in [-0.3, -0.25) is 4.90 Å². The van der Waals surface area contributed by atoms with Crippen molar-refractivity contribution in [3.8, 4) is 0 Å². The zero-order valence-corrected chi connectivity index (χ0v) is 14.5. The van der Waals surface area contributed by atoms with Crippen molar-refractivity contribution < 1.29 is 13.5 Å². The van der Waals surface area contributed by atoms with E-state index >= 15 is 0 Å². The molecule has 0 saturated heterocycles. The van der Waals surface area contributed by atoms with Gasteiger partial charge >= 0.3 is 0 Å². The first-order valence-corrected chi connectivity index (χ1v) is 9.41. The minimum absolute atomic E-state index is 0.0713. The van der Waals surface area contributed by atoms with Gasteiger partial charge < -0.3 is 5.11 Å². The highest BCUT2D eigenvalue weighted by molar-refractivity contribution is 7.90. The van der Waals surface area contributed by atoms with Gasteiger partial charge in [0.1, 0.15) is 0 Å². The number of likely N-dealkylation sites (N-methyl/N-ethyl adjacent to an activating group) is 1. The molecule has 2 unspecified atom stereocenters. The Bertz CT molecular complexity index is 727. The summed E-state index contributed by atoms with van der Waals surface area (Å²) in [6, 6.07) is 16.5. The number of aliphatic hydroxyl groups excluding tert-OH is 1. The molecule has 2 aromatic rings. The fraction of sp³-hybridized carbons (Fsp3) is 0.333. The van der Waals surface area contributed by atoms with Crippen LogP contribution in [0.3, 0.4) is 0 Å². The number of benzene rings is 2. The summed E-state index contributed by atoms with van der Waals surface area (Å²) in [5, 5.41) is 10.3. The lowest BCUT2D eigenvalue weighted by molar-refractivity contribution is 0.108. The molecule has 124 valence electrons. The second-order valence-electron chi connectivity index (χ2n) is 5.88. The number of hydrogen-bond acceptors (Lipinski definition) is 4. The third-order valence-electron chi connectivity index (χ3n) is 4.10. The number of nitrogens with zero attached hydrogens (tertiary/aromatic N) is 1. The molecule has 0 aliphatic heterocycles. The molecule has 0 aliphatic rings. The average molecular weight is 333 g/mol. The maximum absolute atomic E-state index is 11.5. The summed E-state index contributed by atoms with van der Waals surface area (Å²) in [6.45, 7) is 2.53. The van der Waals surface area contributed by atoms with E-state index in [9.17, 15) is 13.5 Å². The lowest BCUT2D eigenvalue weighted by atomic mass is 10.1. The molecule has 0 aromatic heterocycles. The molecule has 0 fully saturated rings. The first-order valence-electron chi connectivity index (χ1n) is 7.52. The van der Waals surface area contributed by atoms with Gasteiger partial charge in [-0.05, 0) is 37.2 Å². The highest BCUT2D eigenvalue weighted by Gasteiger charge is 2.17. The van der Waals surface area contributed by atoms with Crippen LogP contribution >= 0.6 is 0 Å². The minimum Gasteiger partial charge on any atom is -0.387 e. The Morgan fingerprint density at radius 2 is 1.57 bits per heavy atom. The molecule has 0 aliphatic carbocycles. The number of aliphatic hydroxyl groups is 1. The molecule has 23 heavy (non-hydrogen) atoms. The Balaban J connectivity index is 2.06. The van der Waals surface area contributed by atoms with Crippen molar-refractivity contribution in [1.29, 1.82) is 0 Å². The molecule has 4 nitrogen and oxygen atoms in total. The topological polar surface area (TPSA) is 57.6 Å². The van der Waals surface area contributed by atoms with Crippen LogP contribution in [0, 0.1) is 0 Å². The van der Waals surface area contributed by atoms with Gasteiger partial charge in [-0.25, -0.2) is 8.42 Å². The van der Waals surface area contributed by atoms with Crippen LogP contribution in [0.1, 0.15) is 30.2 Å². The Labute approximate surface area is 138 Å². The van der Waals surface area contributed by atoms with Crippen LogP contribution in [0.5, 0.6) is 0 Å². The van der Waals surface area contributed by atoms with Crippen LogP contribution in [0.15, 0.2) is 59.5 Å². The lowest BCUT2D eigenvalue weighted by Crippen LogP contribution is -2.27. The molecule has 0 saturated carbocycles. The summed E-state index contributed by atoms with van der Waals surface area (Å²) in [5.74, 6) is 0. The van der Waals surface area contributed by atoms with E-state index < -0.39 is 15.9 Å². The van der Waals surface area contributed by atoms with E-state index in [0.29, 0.717) is 11.4 Å². The van der Waals surface area contributed by atoms with Gasteiger partial charge in [0.25, 0.3) is 0 Å². The zero-order valence-electron chi connectivity index (χ0n) is 13.7. The van der Waals surface area contributed by atoms with E-state index in [4.69, 9.17) is 0 Å². The SMILES string of the molecule is CC(c1ccc(S(C)(=O)=O)cc1)N(C)CC(O)c1ccccc1. The van der Waals surface area contributed by atoms with Crippen molar-refractivity contribution in [2.24, 2.45) is 0 Å². The molecule has 5 heteroatoms. The van der Waals surface area contributed by atoms with Gasteiger partial charge in [-0.2, -0.15) is 0 Å². The molecule has 0 amide bonds. The van der Waals surface area contributed by atoms with Crippen LogP contribution < -0.4 is 0 Å². The van der Waals surface area contributed by atoms with E-state index in [1.54, 1.807) is 12.1 Å². The first kappa shape index (κ1) is 17.7. The molecule has 2 aromatic carbocycles. The van der Waals surface area contributed by atoms with E-state index in [2.05, 4.69) is 0 Å². The molecule has 0 radical (unpaired) electrons. The summed E-state index contributed by atoms with van der Waals surface area (Å²) in [4.78, 5) is 2.37. The predicted molar refractivity (Wildman–Crippen MR) is 92.0 cm³/mol. The van der Waals surface area contributed by atoms with Crippen molar-refractivity contribution in [1.82, 2.24) is 4.90 Å². The van der Waals surface area contributed by atoms with Crippen molar-refractivity contribution in [3.63, 3.8) is 0 Å². The van der Waals surface area contributed by atoms with E-state index in [-0.39, 0.29) is 6.04 Å². The van der Waals surface area contributed by atoms with Crippen LogP contribution in [0.4, 0.5) is 0 Å². The quantitative estimate of drug-likeness (QED) is 0.883. The summed E-state index contributed by atoms with van der Waals surface area (Å²) in [7, 11) is -1.23. The van der Waals surface area contributed by atoms with E-state index in [1.165, 1.54) is 6.26 Å². The van der Waals surface area contributed by atoms with Gasteiger partial charge in [0.05, 0.1) is 11.0 Å². The third kappa shape index (κ3) is 4.64. The maximum atomic E-state index is 11.5. The highest BCUT2D eigenvalue weighted by Crippen LogP contribution is 2.23. The smallest absolute Gasteiger partial charge is 0.175 e. The van der Waals surface area contributed by atoms with Crippen molar-refractivity contribution in [2.75, 3.05) is 19.8 Å². The second-order valence-corrected chi connectivity index (χ2v) is 7.90. The Morgan fingerprint density at radius 3 is 2.09 bits per heavy atom. The molecular formula is C18H23NO3S. The van der Waals surface area contributed by atoms with Crippen LogP contribution in [0.2, 0.25) is 0 Å². The summed E-state index contributed by atoms with van der Waals surface area (Å²) >= 11 is 0. The predicted octanol–water partition coefficient (Wildman–Crippen LogP) is 2.82. The van der Waals surface area contributed by atoms with Gasteiger partial charge in [0.15, 0.2) is 9.84 Å². The highest BCUT2D eigenvalue weighted by atomic mass is 32.2. The van der Waals surface area contributed by atoms with Crippen LogP contribution in [-0.4, -0.2) is 38.3 Å². The standard InChI is InChI=1S/C18H23NO3S/c1-14(15-9-11-17(12-10-15)23(3,21)22)19(2)13-18(20)16-7-5-4-6-8-16/h4-12,14,18,20H,13H2,1-3H3. The van der Waals surface area contributed by atoms with Crippen molar-refractivity contribution >= 4 is 9.84 Å². The molecule has 2 rings (SSSR count). The average Bonchev–Trinajstić information content (AvgIpc) is 2.54. The van der Waals surface area contributed by atoms with Crippen molar-refractivity contribution in [3.05, 3.63) is 65.7 Å². The number of sulfone groups is 1. The van der Waals surface area contributed by atoms with Gasteiger partial charge in [0.2, 0.25) is 0 Å². The molecule has 0 bridgehead atoms. The molecule has 0 heterocycles. The molecule has 1 N–H and O–H groups in total. The first-order chi connectivity index (χ1) is 10.8. The maximum Gasteiger partial charge on any atom is 0.175 e. The zero-order chi connectivity index (χ0) is 17.0. The summed E-state index contributed by atoms with van der Waals surface area (Å²) < 4.78 is 23.0. The summed E-state index contributed by atoms with van der Waals surface area (Å²) in [5.41, 5.74) is 1.90. The second kappa shape index (κ2) is 7.25. The fourth-order valence-electron chi connectivity index (χ4n) is 2.46. The van der Waals surface area contributed by atoms with Gasteiger partial charge in [0, 0.05) is 18.8 Å². The minimum atomic E-state index is -3.17. The van der Waals surface area contributed by atoms with Crippen LogP contribution in [0.25, 0.3) is 0 Å². The van der Waals surface area contributed by atoms with Gasteiger partial charge in [-0.1, -0.05) is 42.5 Å². The third-order valence-corrected chi connectivity index (χ3v) is 5.23. The Morgan fingerprint density at radius 1 is 1.00 bits per heavy atom. The van der Waals surface area contributed by atoms with Crippen LogP contribution in [-0.2, 0) is 9.84 Å². The van der Waals surface area contributed by atoms with E-state index in [1.807, 2.05) is 61.3 Å². The molecular weight excluding hydrogens is 310 g/mol. The van der Waals surface area contributed by atoms with Crippen molar-refractivity contribution in [2.45, 2.75) is 24.0 Å². The fourth-order valence-corrected chi connectivity index (χ4v) is 3.09. The molecule has 0 spiro atoms. The Kier molecular flexibility index (Phi) is 5.57. The largest absolute Gasteiger partial charge is 0.387 e. The number of hydrogen-bond donors (Lipinski definition) is 1. The van der Waals surface area contributed by atoms with Gasteiger partial charge in [-0.15, -0.1) is 0 Å². The molecule has 2 atom stereocenters.